The smallest absolute Gasteiger partial charge is 0.0692 e. The maximum atomic E-state index is 9.14. The third-order valence-corrected chi connectivity index (χ3v) is 4.45. The molecule has 0 amide bonds. The van der Waals surface area contributed by atoms with E-state index in [1.54, 1.807) is 0 Å². The minimum Gasteiger partial charge on any atom is -0.392 e. The molecule has 17 heavy (non-hydrogen) atoms. The van der Waals surface area contributed by atoms with Crippen LogP contribution in [-0.2, 0) is 6.61 Å². The number of hydrogen-bond donors (Lipinski definition) is 1. The topological polar surface area (TPSA) is 23.5 Å². The molecule has 0 fully saturated rings. The SMILES string of the molecule is CCC(CSC)N(C)c1ccc(CO)c(Br)c1. The molecule has 0 aliphatic carbocycles. The number of benzene rings is 1. The van der Waals surface area contributed by atoms with Crippen LogP contribution < -0.4 is 4.90 Å². The molecule has 4 heteroatoms. The number of halogens is 1. The van der Waals surface area contributed by atoms with E-state index < -0.39 is 0 Å². The van der Waals surface area contributed by atoms with Crippen molar-refractivity contribution in [3.05, 3.63) is 28.2 Å². The second-order valence-electron chi connectivity index (χ2n) is 4.06. The monoisotopic (exact) mass is 317 g/mol. The molecule has 1 aromatic rings. The highest BCUT2D eigenvalue weighted by Gasteiger charge is 2.13. The normalized spacial score (nSPS) is 12.5. The lowest BCUT2D eigenvalue weighted by Gasteiger charge is -2.29. The van der Waals surface area contributed by atoms with Gasteiger partial charge in [0.25, 0.3) is 0 Å². The van der Waals surface area contributed by atoms with Gasteiger partial charge < -0.3 is 10.0 Å². The number of rotatable bonds is 6. The summed E-state index contributed by atoms with van der Waals surface area (Å²) < 4.78 is 0.975. The first kappa shape index (κ1) is 14.9. The summed E-state index contributed by atoms with van der Waals surface area (Å²) in [5, 5.41) is 9.14. The Hall–Kier alpha value is -0.190. The van der Waals surface area contributed by atoms with Crippen LogP contribution in [0, 0.1) is 0 Å². The molecule has 96 valence electrons. The summed E-state index contributed by atoms with van der Waals surface area (Å²) in [6.45, 7) is 2.29. The average Bonchev–Trinajstić information content (AvgIpc) is 2.35. The van der Waals surface area contributed by atoms with Gasteiger partial charge >= 0.3 is 0 Å². The number of hydrogen-bond acceptors (Lipinski definition) is 3. The summed E-state index contributed by atoms with van der Waals surface area (Å²) in [5.74, 6) is 1.13. The average molecular weight is 318 g/mol. The molecule has 0 aliphatic rings. The second-order valence-corrected chi connectivity index (χ2v) is 5.83. The lowest BCUT2D eigenvalue weighted by molar-refractivity contribution is 0.281. The molecule has 0 radical (unpaired) electrons. The number of aliphatic hydroxyl groups is 1. The number of nitrogens with zero attached hydrogens (tertiary/aromatic N) is 1. The van der Waals surface area contributed by atoms with Gasteiger partial charge in [-0.3, -0.25) is 0 Å². The van der Waals surface area contributed by atoms with E-state index >= 15 is 0 Å². The van der Waals surface area contributed by atoms with Crippen molar-refractivity contribution in [2.75, 3.05) is 24.0 Å². The van der Waals surface area contributed by atoms with Crippen LogP contribution in [0.25, 0.3) is 0 Å². The van der Waals surface area contributed by atoms with Crippen LogP contribution in [-0.4, -0.2) is 30.2 Å². The zero-order valence-corrected chi connectivity index (χ0v) is 13.0. The Morgan fingerprint density at radius 1 is 1.47 bits per heavy atom. The van der Waals surface area contributed by atoms with Crippen LogP contribution >= 0.6 is 27.7 Å². The predicted octanol–water partition coefficient (Wildman–Crippen LogP) is 3.52. The lowest BCUT2D eigenvalue weighted by atomic mass is 10.1. The van der Waals surface area contributed by atoms with E-state index in [9.17, 15) is 0 Å². The van der Waals surface area contributed by atoms with Crippen molar-refractivity contribution in [3.63, 3.8) is 0 Å². The molecule has 1 N–H and O–H groups in total. The highest BCUT2D eigenvalue weighted by Crippen LogP contribution is 2.26. The lowest BCUT2D eigenvalue weighted by Crippen LogP contribution is -2.33. The van der Waals surface area contributed by atoms with Crippen LogP contribution in [0.15, 0.2) is 22.7 Å². The molecule has 1 aromatic carbocycles. The summed E-state index contributed by atoms with van der Waals surface area (Å²) in [6, 6.07) is 6.67. The molecule has 0 heterocycles. The quantitative estimate of drug-likeness (QED) is 0.868. The summed E-state index contributed by atoms with van der Waals surface area (Å²) in [4.78, 5) is 2.31. The number of anilines is 1. The first-order chi connectivity index (χ1) is 8.13. The Bertz CT molecular complexity index is 359. The standard InChI is InChI=1S/C13H20BrNOS/c1-4-11(9-17-3)15(2)12-6-5-10(8-16)13(14)7-12/h5-7,11,16H,4,8-9H2,1-3H3. The fraction of sp³-hybridized carbons (Fsp3) is 0.538. The van der Waals surface area contributed by atoms with Crippen LogP contribution in [0.5, 0.6) is 0 Å². The number of aliphatic hydroxyl groups excluding tert-OH is 1. The first-order valence-electron chi connectivity index (χ1n) is 5.75. The van der Waals surface area contributed by atoms with E-state index in [1.165, 1.54) is 5.69 Å². The summed E-state index contributed by atoms with van der Waals surface area (Å²) in [6.07, 6.45) is 3.28. The van der Waals surface area contributed by atoms with E-state index in [0.717, 1.165) is 22.2 Å². The van der Waals surface area contributed by atoms with Gasteiger partial charge in [-0.25, -0.2) is 0 Å². The van der Waals surface area contributed by atoms with Crippen LogP contribution in [0.3, 0.4) is 0 Å². The third-order valence-electron chi connectivity index (χ3n) is 2.99. The first-order valence-corrected chi connectivity index (χ1v) is 7.93. The van der Waals surface area contributed by atoms with Crippen molar-refractivity contribution in [1.82, 2.24) is 0 Å². The summed E-state index contributed by atoms with van der Waals surface area (Å²) in [7, 11) is 2.13. The largest absolute Gasteiger partial charge is 0.392 e. The molecule has 0 saturated heterocycles. The molecule has 0 aromatic heterocycles. The molecule has 2 nitrogen and oxygen atoms in total. The predicted molar refractivity (Wildman–Crippen MR) is 80.9 cm³/mol. The van der Waals surface area contributed by atoms with Crippen molar-refractivity contribution in [2.24, 2.45) is 0 Å². The van der Waals surface area contributed by atoms with Crippen molar-refractivity contribution < 1.29 is 5.11 Å². The Labute approximate surface area is 117 Å². The highest BCUT2D eigenvalue weighted by atomic mass is 79.9. The molecule has 1 unspecified atom stereocenters. The molecule has 0 bridgehead atoms. The van der Waals surface area contributed by atoms with Crippen LogP contribution in [0.4, 0.5) is 5.69 Å². The van der Waals surface area contributed by atoms with Gasteiger partial charge in [0, 0.05) is 29.0 Å². The van der Waals surface area contributed by atoms with Crippen molar-refractivity contribution in [2.45, 2.75) is 26.0 Å². The maximum absolute atomic E-state index is 9.14. The fourth-order valence-electron chi connectivity index (χ4n) is 1.79. The van der Waals surface area contributed by atoms with E-state index in [-0.39, 0.29) is 6.61 Å². The van der Waals surface area contributed by atoms with Gasteiger partial charge in [0.2, 0.25) is 0 Å². The molecule has 0 saturated carbocycles. The van der Waals surface area contributed by atoms with E-state index in [2.05, 4.69) is 53.2 Å². The van der Waals surface area contributed by atoms with Crippen LogP contribution in [0.2, 0.25) is 0 Å². The molecule has 0 spiro atoms. The highest BCUT2D eigenvalue weighted by molar-refractivity contribution is 9.10. The Morgan fingerprint density at radius 2 is 2.18 bits per heavy atom. The van der Waals surface area contributed by atoms with Crippen molar-refractivity contribution >= 4 is 33.4 Å². The number of thioether (sulfide) groups is 1. The Balaban J connectivity index is 2.87. The summed E-state index contributed by atoms with van der Waals surface area (Å²) >= 11 is 5.37. The van der Waals surface area contributed by atoms with Crippen molar-refractivity contribution in [1.29, 1.82) is 0 Å². The van der Waals surface area contributed by atoms with Crippen LogP contribution in [0.1, 0.15) is 18.9 Å². The molecule has 1 rings (SSSR count). The van der Waals surface area contributed by atoms with Gasteiger partial charge in [0.05, 0.1) is 6.61 Å². The minimum atomic E-state index is 0.0760. The van der Waals surface area contributed by atoms with Gasteiger partial charge in [0.1, 0.15) is 0 Å². The van der Waals surface area contributed by atoms with E-state index in [0.29, 0.717) is 6.04 Å². The van der Waals surface area contributed by atoms with Gasteiger partial charge in [-0.1, -0.05) is 28.9 Å². The zero-order chi connectivity index (χ0) is 12.8. The van der Waals surface area contributed by atoms with Gasteiger partial charge in [-0.15, -0.1) is 0 Å². The van der Waals surface area contributed by atoms with Gasteiger partial charge in [-0.05, 0) is 30.4 Å². The molecule has 1 atom stereocenters. The minimum absolute atomic E-state index is 0.0760. The summed E-state index contributed by atoms with van der Waals surface area (Å²) in [5.41, 5.74) is 2.12. The second kappa shape index (κ2) is 7.29. The molecular formula is C13H20BrNOS. The molecule has 0 aliphatic heterocycles. The van der Waals surface area contributed by atoms with Gasteiger partial charge in [-0.2, -0.15) is 11.8 Å². The maximum Gasteiger partial charge on any atom is 0.0692 e. The van der Waals surface area contributed by atoms with E-state index in [1.807, 2.05) is 17.8 Å². The third kappa shape index (κ3) is 3.90. The van der Waals surface area contributed by atoms with E-state index in [4.69, 9.17) is 5.11 Å². The zero-order valence-electron chi connectivity index (χ0n) is 10.6. The molecular weight excluding hydrogens is 298 g/mol. The Morgan fingerprint density at radius 3 is 2.65 bits per heavy atom. The fourth-order valence-corrected chi connectivity index (χ4v) is 3.13. The van der Waals surface area contributed by atoms with Gasteiger partial charge in [0.15, 0.2) is 0 Å². The van der Waals surface area contributed by atoms with Crippen molar-refractivity contribution in [3.8, 4) is 0 Å². The Kier molecular flexibility index (Phi) is 6.38.